The lowest BCUT2D eigenvalue weighted by Crippen LogP contribution is -2.50. The fraction of sp³-hybridized carbons (Fsp3) is 0.214. The standard InChI is InChI=1S/C84H76O2Si2/c1-47(2)87(48(3)4,49(5)6)85-65-39-43-68-64(45-65)36-35-54-19-20-56-21-22-57-23-24-58-25-26-59-27-28-60-29-30-61-31-32-62-33-34-63-38-42-69-70-41-37-55-18-17-53-15-13-14-16-67(53)74(55)84(70)72-46-66(86-88(50(7)8,51(9)10)52(11)12)40-44-71(72)83(69)82(63)81(62)80(61)79(60)78(59)77(58)76(57)75(56)73(54)68/h13-52H,1-12H3. The Morgan fingerprint density at radius 2 is 0.432 bits per heavy atom. The predicted molar refractivity (Wildman–Crippen MR) is 392 cm³/mol. The Morgan fingerprint density at radius 1 is 0.193 bits per heavy atom. The van der Waals surface area contributed by atoms with Crippen LogP contribution in [0.1, 0.15) is 83.1 Å². The van der Waals surface area contributed by atoms with Crippen molar-refractivity contribution in [3.05, 3.63) is 206 Å². The highest BCUT2D eigenvalue weighted by molar-refractivity contribution is 6.79. The van der Waals surface area contributed by atoms with Gasteiger partial charge in [0, 0.05) is 0 Å². The molecule has 432 valence electrons. The Bertz CT molecular complexity index is 5590. The molecule has 16 aromatic rings. The molecule has 0 heterocycles. The summed E-state index contributed by atoms with van der Waals surface area (Å²) in [5.74, 6) is 1.97. The Kier molecular flexibility index (Phi) is 12.4. The number of rotatable bonds is 10. The van der Waals surface area contributed by atoms with E-state index in [1.165, 1.54) is 162 Å². The summed E-state index contributed by atoms with van der Waals surface area (Å²) in [5, 5.41) is 38.0. The van der Waals surface area contributed by atoms with Crippen molar-refractivity contribution in [1.82, 2.24) is 0 Å². The molecule has 0 saturated heterocycles. The van der Waals surface area contributed by atoms with Gasteiger partial charge in [0.15, 0.2) is 0 Å². The first-order valence-corrected chi connectivity index (χ1v) is 36.7. The van der Waals surface area contributed by atoms with E-state index in [2.05, 4.69) is 289 Å². The lowest BCUT2D eigenvalue weighted by molar-refractivity contribution is 0.480. The van der Waals surface area contributed by atoms with Gasteiger partial charge in [-0.3, -0.25) is 0 Å². The second kappa shape index (κ2) is 20.0. The molecule has 2 nitrogen and oxygen atoms in total. The van der Waals surface area contributed by atoms with Crippen LogP contribution in [0.3, 0.4) is 0 Å². The van der Waals surface area contributed by atoms with Crippen LogP contribution in [-0.4, -0.2) is 16.6 Å². The van der Waals surface area contributed by atoms with Crippen LogP contribution in [0.2, 0.25) is 33.2 Å². The summed E-state index contributed by atoms with van der Waals surface area (Å²) >= 11 is 0. The van der Waals surface area contributed by atoms with Crippen molar-refractivity contribution in [1.29, 1.82) is 0 Å². The maximum Gasteiger partial charge on any atom is 0.258 e. The maximum atomic E-state index is 7.67. The van der Waals surface area contributed by atoms with E-state index in [0.717, 1.165) is 11.5 Å². The molecule has 16 rings (SSSR count). The fourth-order valence-electron chi connectivity index (χ4n) is 18.0. The minimum absolute atomic E-state index is 0.434. The first-order valence-electron chi connectivity index (χ1n) is 32.5. The molecule has 0 spiro atoms. The normalized spacial score (nSPS) is 13.2. The smallest absolute Gasteiger partial charge is 0.258 e. The molecular weight excluding hydrogens is 1100 g/mol. The quantitative estimate of drug-likeness (QED) is 0.100. The first-order chi connectivity index (χ1) is 42.6. The number of benzene rings is 16. The van der Waals surface area contributed by atoms with Crippen LogP contribution >= 0.6 is 0 Å². The highest BCUT2D eigenvalue weighted by Gasteiger charge is 2.48. The van der Waals surface area contributed by atoms with Crippen LogP contribution in [0, 0.1) is 0 Å². The number of fused-ring (bicyclic) bond motifs is 30. The zero-order valence-electron chi connectivity index (χ0n) is 52.9. The lowest BCUT2D eigenvalue weighted by atomic mass is 9.84. The summed E-state index contributed by atoms with van der Waals surface area (Å²) in [5.41, 5.74) is 2.74. The van der Waals surface area contributed by atoms with E-state index in [1.54, 1.807) is 0 Å². The van der Waals surface area contributed by atoms with Crippen LogP contribution in [0.25, 0.3) is 162 Å². The van der Waals surface area contributed by atoms with Gasteiger partial charge in [0.1, 0.15) is 11.5 Å². The molecule has 16 aromatic carbocycles. The van der Waals surface area contributed by atoms with Crippen LogP contribution in [0.15, 0.2) is 206 Å². The van der Waals surface area contributed by atoms with Gasteiger partial charge in [-0.15, -0.1) is 0 Å². The van der Waals surface area contributed by atoms with Crippen LogP contribution in [-0.2, 0) is 0 Å². The highest BCUT2D eigenvalue weighted by atomic mass is 28.4. The summed E-state index contributed by atoms with van der Waals surface area (Å²) < 4.78 is 15.0. The van der Waals surface area contributed by atoms with Gasteiger partial charge in [0.2, 0.25) is 0 Å². The van der Waals surface area contributed by atoms with Crippen molar-refractivity contribution in [2.24, 2.45) is 0 Å². The van der Waals surface area contributed by atoms with Crippen LogP contribution in [0.5, 0.6) is 11.5 Å². The Labute approximate surface area is 517 Å². The van der Waals surface area contributed by atoms with E-state index < -0.39 is 16.6 Å². The summed E-state index contributed by atoms with van der Waals surface area (Å²) in [6.45, 7) is 28.6. The van der Waals surface area contributed by atoms with Crippen molar-refractivity contribution in [2.45, 2.75) is 116 Å². The molecule has 88 heavy (non-hydrogen) atoms. The van der Waals surface area contributed by atoms with Crippen LogP contribution in [0.4, 0.5) is 0 Å². The van der Waals surface area contributed by atoms with Gasteiger partial charge in [0.05, 0.1) is 0 Å². The molecule has 0 aliphatic carbocycles. The molecule has 0 unspecified atom stereocenters. The minimum Gasteiger partial charge on any atom is -0.543 e. The Hall–Kier alpha value is -8.55. The summed E-state index contributed by atoms with van der Waals surface area (Å²) in [4.78, 5) is 0. The second-order valence-corrected chi connectivity index (χ2v) is 38.5. The Balaban J connectivity index is 1.06. The summed E-state index contributed by atoms with van der Waals surface area (Å²) in [6.07, 6.45) is 0. The Morgan fingerprint density at radius 3 is 0.818 bits per heavy atom. The van der Waals surface area contributed by atoms with Gasteiger partial charge in [-0.05, 0) is 219 Å². The molecule has 0 aromatic heterocycles. The van der Waals surface area contributed by atoms with Gasteiger partial charge in [-0.2, -0.15) is 0 Å². The van der Waals surface area contributed by atoms with E-state index >= 15 is 0 Å². The second-order valence-electron chi connectivity index (χ2n) is 27.8. The van der Waals surface area contributed by atoms with Crippen molar-refractivity contribution in [3.8, 4) is 11.5 Å². The average molecular weight is 1170 g/mol. The number of hydrogen-bond donors (Lipinski definition) is 0. The first kappa shape index (κ1) is 54.8. The van der Waals surface area contributed by atoms with Gasteiger partial charge >= 0.3 is 0 Å². The molecule has 0 atom stereocenters. The van der Waals surface area contributed by atoms with E-state index in [9.17, 15) is 0 Å². The van der Waals surface area contributed by atoms with Crippen LogP contribution < -0.4 is 8.85 Å². The van der Waals surface area contributed by atoms with E-state index in [0.29, 0.717) is 33.2 Å². The summed E-state index contributed by atoms with van der Waals surface area (Å²) in [6, 6.07) is 79.8. The number of hydrogen-bond acceptors (Lipinski definition) is 2. The molecule has 0 aliphatic heterocycles. The van der Waals surface area contributed by atoms with Crippen molar-refractivity contribution >= 4 is 178 Å². The molecular formula is C84H76O2Si2. The largest absolute Gasteiger partial charge is 0.543 e. The molecule has 0 radical (unpaired) electrons. The third-order valence-electron chi connectivity index (χ3n) is 21.6. The summed E-state index contributed by atoms with van der Waals surface area (Å²) in [7, 11) is -4.53. The lowest BCUT2D eigenvalue weighted by Gasteiger charge is -2.42. The fourth-order valence-corrected chi connectivity index (χ4v) is 28.4. The zero-order chi connectivity index (χ0) is 60.4. The monoisotopic (exact) mass is 1170 g/mol. The van der Waals surface area contributed by atoms with Gasteiger partial charge in [-0.1, -0.05) is 265 Å². The predicted octanol–water partition coefficient (Wildman–Crippen LogP) is 26.1. The third-order valence-corrected chi connectivity index (χ3v) is 33.6. The molecule has 0 bridgehead atoms. The van der Waals surface area contributed by atoms with E-state index in [1.807, 2.05) is 0 Å². The van der Waals surface area contributed by atoms with Gasteiger partial charge < -0.3 is 8.85 Å². The van der Waals surface area contributed by atoms with Crippen molar-refractivity contribution < 1.29 is 8.85 Å². The average Bonchev–Trinajstić information content (AvgIpc) is 0.714. The molecule has 0 N–H and O–H groups in total. The molecule has 0 saturated carbocycles. The van der Waals surface area contributed by atoms with Gasteiger partial charge in [0.25, 0.3) is 16.6 Å². The maximum absolute atomic E-state index is 7.67. The molecule has 4 heteroatoms. The minimum atomic E-state index is -2.33. The zero-order valence-corrected chi connectivity index (χ0v) is 54.9. The highest BCUT2D eigenvalue weighted by Crippen LogP contribution is 2.52. The van der Waals surface area contributed by atoms with Crippen molar-refractivity contribution in [2.75, 3.05) is 0 Å². The van der Waals surface area contributed by atoms with E-state index in [4.69, 9.17) is 8.85 Å². The molecule has 0 aliphatic rings. The molecule has 0 amide bonds. The van der Waals surface area contributed by atoms with E-state index in [-0.39, 0.29) is 0 Å². The third kappa shape index (κ3) is 7.70. The van der Waals surface area contributed by atoms with Crippen molar-refractivity contribution in [3.63, 3.8) is 0 Å². The SMILES string of the molecule is CC(C)[Si](Oc1ccc2c(ccc3ccc4ccc5ccc6ccc7ccc8ccc9ccc%10ccc%11ccc%12c%13ccc%14ccc%15ccccc%15c%14c%13c%13cc(O[Si](C(C)C)(C(C)C)C(C)C)ccc%13c%12c%11c%10c9c8c7c6c5c4c32)c1)(C(C)C)C(C)C. The van der Waals surface area contributed by atoms with Gasteiger partial charge in [-0.25, -0.2) is 0 Å². The topological polar surface area (TPSA) is 18.5 Å². The molecule has 0 fully saturated rings.